The number of hydrogen-bond donors (Lipinski definition) is 3. The average molecular weight is 145 g/mol. The van der Waals surface area contributed by atoms with Crippen LogP contribution in [0.2, 0.25) is 0 Å². The second-order valence-electron chi connectivity index (χ2n) is 3.07. The highest BCUT2D eigenvalue weighted by Crippen LogP contribution is 2.27. The fourth-order valence-electron chi connectivity index (χ4n) is 1.44. The second-order valence-corrected chi connectivity index (χ2v) is 3.07. The Labute approximate surface area is 60.9 Å². The number of hydrogen-bond acceptors (Lipinski definition) is 3. The molecule has 0 spiro atoms. The van der Waals surface area contributed by atoms with E-state index in [1.165, 1.54) is 0 Å². The molecule has 0 aromatic carbocycles. The van der Waals surface area contributed by atoms with Crippen molar-refractivity contribution >= 4 is 0 Å². The number of rotatable bonds is 1. The molecule has 0 amide bonds. The van der Waals surface area contributed by atoms with Crippen molar-refractivity contribution < 1.29 is 10.2 Å². The summed E-state index contributed by atoms with van der Waals surface area (Å²) < 4.78 is 0. The first-order valence-corrected chi connectivity index (χ1v) is 3.79. The van der Waals surface area contributed by atoms with Gasteiger partial charge in [0.15, 0.2) is 0 Å². The van der Waals surface area contributed by atoms with Crippen LogP contribution in [-0.4, -0.2) is 28.5 Å². The van der Waals surface area contributed by atoms with Gasteiger partial charge in [0.2, 0.25) is 0 Å². The highest BCUT2D eigenvalue weighted by atomic mass is 16.3. The first-order chi connectivity index (χ1) is 4.69. The van der Waals surface area contributed by atoms with Gasteiger partial charge in [0, 0.05) is 6.54 Å². The van der Waals surface area contributed by atoms with E-state index in [0.29, 0.717) is 12.8 Å². The first kappa shape index (κ1) is 7.98. The summed E-state index contributed by atoms with van der Waals surface area (Å²) in [5, 5.41) is 18.9. The van der Waals surface area contributed by atoms with Gasteiger partial charge < -0.3 is 15.9 Å². The molecular weight excluding hydrogens is 130 g/mol. The molecule has 3 heteroatoms. The first-order valence-electron chi connectivity index (χ1n) is 3.79. The van der Waals surface area contributed by atoms with Crippen LogP contribution in [0.1, 0.15) is 25.7 Å². The van der Waals surface area contributed by atoms with Gasteiger partial charge >= 0.3 is 0 Å². The normalized spacial score (nSPS) is 41.7. The summed E-state index contributed by atoms with van der Waals surface area (Å²) in [6, 6.07) is 0. The lowest BCUT2D eigenvalue weighted by Crippen LogP contribution is -2.50. The third-order valence-corrected chi connectivity index (χ3v) is 2.31. The molecule has 60 valence electrons. The van der Waals surface area contributed by atoms with Crippen LogP contribution in [0.5, 0.6) is 0 Å². The SMILES string of the molecule is NC[C@@]1(O)CCCC[C@@H]1O. The van der Waals surface area contributed by atoms with Crippen LogP contribution in [0.4, 0.5) is 0 Å². The van der Waals surface area contributed by atoms with Crippen LogP contribution in [-0.2, 0) is 0 Å². The van der Waals surface area contributed by atoms with Crippen molar-refractivity contribution in [3.05, 3.63) is 0 Å². The van der Waals surface area contributed by atoms with E-state index in [1.807, 2.05) is 0 Å². The van der Waals surface area contributed by atoms with E-state index >= 15 is 0 Å². The summed E-state index contributed by atoms with van der Waals surface area (Å²) in [5.74, 6) is 0. The maximum absolute atomic E-state index is 9.57. The lowest BCUT2D eigenvalue weighted by molar-refractivity contribution is -0.0925. The maximum Gasteiger partial charge on any atom is 0.103 e. The van der Waals surface area contributed by atoms with Crippen molar-refractivity contribution in [3.63, 3.8) is 0 Å². The van der Waals surface area contributed by atoms with Gasteiger partial charge in [-0.25, -0.2) is 0 Å². The summed E-state index contributed by atoms with van der Waals surface area (Å²) >= 11 is 0. The third kappa shape index (κ3) is 1.31. The molecule has 1 fully saturated rings. The van der Waals surface area contributed by atoms with Gasteiger partial charge in [0.25, 0.3) is 0 Å². The van der Waals surface area contributed by atoms with Crippen molar-refractivity contribution in [2.75, 3.05) is 6.54 Å². The Bertz CT molecular complexity index is 118. The molecule has 1 rings (SSSR count). The third-order valence-electron chi connectivity index (χ3n) is 2.31. The predicted octanol–water partition coefficient (Wildman–Crippen LogP) is -0.389. The molecule has 0 unspecified atom stereocenters. The van der Waals surface area contributed by atoms with Crippen molar-refractivity contribution in [1.29, 1.82) is 0 Å². The zero-order chi connectivity index (χ0) is 7.61. The van der Waals surface area contributed by atoms with E-state index in [1.54, 1.807) is 0 Å². The molecule has 0 aromatic heterocycles. The molecule has 0 bridgehead atoms. The standard InChI is InChI=1S/C7H15NO2/c8-5-7(10)4-2-1-3-6(7)9/h6,9-10H,1-5,8H2/t6-,7-/m0/s1. The van der Waals surface area contributed by atoms with Crippen molar-refractivity contribution in [1.82, 2.24) is 0 Å². The van der Waals surface area contributed by atoms with Crippen LogP contribution < -0.4 is 5.73 Å². The van der Waals surface area contributed by atoms with Gasteiger partial charge in [-0.15, -0.1) is 0 Å². The highest BCUT2D eigenvalue weighted by molar-refractivity contribution is 4.90. The molecule has 4 N–H and O–H groups in total. The molecule has 1 aliphatic carbocycles. The van der Waals surface area contributed by atoms with E-state index in [9.17, 15) is 10.2 Å². The number of nitrogens with two attached hydrogens (primary N) is 1. The van der Waals surface area contributed by atoms with Gasteiger partial charge in [0.1, 0.15) is 5.60 Å². The lowest BCUT2D eigenvalue weighted by atomic mass is 9.82. The fourth-order valence-corrected chi connectivity index (χ4v) is 1.44. The van der Waals surface area contributed by atoms with Crippen LogP contribution in [0.3, 0.4) is 0 Å². The monoisotopic (exact) mass is 145 g/mol. The molecule has 0 saturated heterocycles. The molecule has 0 aromatic rings. The predicted molar refractivity (Wildman–Crippen MR) is 38.5 cm³/mol. The molecule has 1 saturated carbocycles. The second kappa shape index (κ2) is 2.86. The molecule has 0 heterocycles. The summed E-state index contributed by atoms with van der Waals surface area (Å²) in [6.07, 6.45) is 2.71. The quantitative estimate of drug-likeness (QED) is 0.471. The van der Waals surface area contributed by atoms with Crippen LogP contribution in [0.15, 0.2) is 0 Å². The molecule has 0 aliphatic heterocycles. The van der Waals surface area contributed by atoms with Crippen molar-refractivity contribution in [3.8, 4) is 0 Å². The molecule has 10 heavy (non-hydrogen) atoms. The van der Waals surface area contributed by atoms with Crippen molar-refractivity contribution in [2.45, 2.75) is 37.4 Å². The molecular formula is C7H15NO2. The van der Waals surface area contributed by atoms with Crippen LogP contribution in [0, 0.1) is 0 Å². The smallest absolute Gasteiger partial charge is 0.103 e. The zero-order valence-electron chi connectivity index (χ0n) is 6.08. The van der Waals surface area contributed by atoms with E-state index in [-0.39, 0.29) is 6.54 Å². The molecule has 3 nitrogen and oxygen atoms in total. The van der Waals surface area contributed by atoms with Gasteiger partial charge in [-0.2, -0.15) is 0 Å². The average Bonchev–Trinajstić information content (AvgIpc) is 1.96. The minimum absolute atomic E-state index is 0.175. The van der Waals surface area contributed by atoms with E-state index in [0.717, 1.165) is 12.8 Å². The summed E-state index contributed by atoms with van der Waals surface area (Å²) in [4.78, 5) is 0. The van der Waals surface area contributed by atoms with Crippen LogP contribution in [0.25, 0.3) is 0 Å². The van der Waals surface area contributed by atoms with Gasteiger partial charge in [-0.05, 0) is 12.8 Å². The molecule has 1 aliphatic rings. The Hall–Kier alpha value is -0.120. The van der Waals surface area contributed by atoms with Crippen molar-refractivity contribution in [2.24, 2.45) is 5.73 Å². The topological polar surface area (TPSA) is 66.5 Å². The van der Waals surface area contributed by atoms with E-state index < -0.39 is 11.7 Å². The number of aliphatic hydroxyl groups excluding tert-OH is 1. The van der Waals surface area contributed by atoms with Gasteiger partial charge in [-0.3, -0.25) is 0 Å². The minimum atomic E-state index is -0.988. The Kier molecular flexibility index (Phi) is 2.28. The Morgan fingerprint density at radius 1 is 1.50 bits per heavy atom. The molecule has 0 radical (unpaired) electrons. The van der Waals surface area contributed by atoms with E-state index in [4.69, 9.17) is 5.73 Å². The zero-order valence-corrected chi connectivity index (χ0v) is 6.08. The Morgan fingerprint density at radius 3 is 2.60 bits per heavy atom. The van der Waals surface area contributed by atoms with Gasteiger partial charge in [-0.1, -0.05) is 12.8 Å². The minimum Gasteiger partial charge on any atom is -0.390 e. The lowest BCUT2D eigenvalue weighted by Gasteiger charge is -2.35. The maximum atomic E-state index is 9.57. The van der Waals surface area contributed by atoms with Crippen LogP contribution >= 0.6 is 0 Å². The largest absolute Gasteiger partial charge is 0.390 e. The van der Waals surface area contributed by atoms with E-state index in [2.05, 4.69) is 0 Å². The highest BCUT2D eigenvalue weighted by Gasteiger charge is 2.36. The summed E-state index contributed by atoms with van der Waals surface area (Å²) in [5.41, 5.74) is 4.33. The molecule has 2 atom stereocenters. The van der Waals surface area contributed by atoms with Gasteiger partial charge in [0.05, 0.1) is 6.10 Å². The summed E-state index contributed by atoms with van der Waals surface area (Å²) in [6.45, 7) is 0.175. The number of aliphatic hydroxyl groups is 2. The Balaban J connectivity index is 2.54. The fraction of sp³-hybridized carbons (Fsp3) is 1.00. The Morgan fingerprint density at radius 2 is 2.20 bits per heavy atom. The summed E-state index contributed by atoms with van der Waals surface area (Å²) in [7, 11) is 0.